The molecule has 1 saturated carbocycles. The number of rotatable bonds is 7. The predicted molar refractivity (Wildman–Crippen MR) is 149 cm³/mol. The zero-order chi connectivity index (χ0) is 27.1. The molecule has 2 fully saturated rings. The summed E-state index contributed by atoms with van der Waals surface area (Å²) in [5.74, 6) is -1.49. The zero-order valence-corrected chi connectivity index (χ0v) is 22.0. The summed E-state index contributed by atoms with van der Waals surface area (Å²) < 4.78 is 30.4. The van der Waals surface area contributed by atoms with Crippen LogP contribution in [0.1, 0.15) is 48.5 Å². The Morgan fingerprint density at radius 2 is 1.87 bits per heavy atom. The summed E-state index contributed by atoms with van der Waals surface area (Å²) in [4.78, 5) is 26.9. The molecule has 1 aliphatic carbocycles. The van der Waals surface area contributed by atoms with Gasteiger partial charge in [-0.3, -0.25) is 14.7 Å². The second-order valence-corrected chi connectivity index (χ2v) is 10.8. The minimum absolute atomic E-state index is 0.156. The molecule has 1 aliphatic heterocycles. The summed E-state index contributed by atoms with van der Waals surface area (Å²) in [7, 11) is 0. The van der Waals surface area contributed by atoms with Crippen molar-refractivity contribution in [3.8, 4) is 0 Å². The number of nitrogens with zero attached hydrogens (tertiary/aromatic N) is 5. The molecule has 0 amide bonds. The fourth-order valence-corrected chi connectivity index (χ4v) is 5.66. The third kappa shape index (κ3) is 5.36. The van der Waals surface area contributed by atoms with Crippen molar-refractivity contribution in [1.29, 1.82) is 0 Å². The van der Waals surface area contributed by atoms with Gasteiger partial charge < -0.3 is 15.2 Å². The van der Waals surface area contributed by atoms with E-state index < -0.39 is 11.6 Å². The second kappa shape index (κ2) is 10.4. The highest BCUT2D eigenvalue weighted by Gasteiger charge is 2.29. The van der Waals surface area contributed by atoms with Gasteiger partial charge in [0.15, 0.2) is 17.1 Å². The molecule has 9 heteroatoms. The molecule has 202 valence electrons. The highest BCUT2D eigenvalue weighted by Crippen LogP contribution is 2.37. The van der Waals surface area contributed by atoms with Crippen LogP contribution in [0, 0.1) is 18.6 Å². The Hall–Kier alpha value is -3.85. The maximum absolute atomic E-state index is 14.3. The van der Waals surface area contributed by atoms with Crippen LogP contribution in [0.2, 0.25) is 0 Å². The van der Waals surface area contributed by atoms with Crippen LogP contribution in [0.3, 0.4) is 0 Å². The summed E-state index contributed by atoms with van der Waals surface area (Å²) >= 11 is 0. The van der Waals surface area contributed by atoms with Crippen molar-refractivity contribution < 1.29 is 8.78 Å². The molecule has 0 radical (unpaired) electrons. The van der Waals surface area contributed by atoms with Gasteiger partial charge in [-0.05, 0) is 68.5 Å². The number of pyridine rings is 3. The Labute approximate surface area is 225 Å². The van der Waals surface area contributed by atoms with Crippen LogP contribution in [0.15, 0.2) is 59.8 Å². The summed E-state index contributed by atoms with van der Waals surface area (Å²) in [6, 6.07) is 10.5. The summed E-state index contributed by atoms with van der Waals surface area (Å²) in [5.41, 5.74) is 9.83. The number of halogens is 2. The van der Waals surface area contributed by atoms with Crippen LogP contribution < -0.4 is 16.1 Å². The average Bonchev–Trinajstić information content (AvgIpc) is 3.77. The first-order valence-electron chi connectivity index (χ1n) is 13.5. The number of hydrogen-bond donors (Lipinski definition) is 1. The SMILES string of the molecule is Cc1ccc(N2CCC[C@H](N(Cc3ccnc(N)c3)Cc3cn(C4CC4)c4cc(F)c(F)cc4c3=O)C2)cn1. The van der Waals surface area contributed by atoms with Gasteiger partial charge in [0.05, 0.1) is 17.4 Å². The molecule has 0 unspecified atom stereocenters. The van der Waals surface area contributed by atoms with Crippen molar-refractivity contribution in [2.24, 2.45) is 0 Å². The second-order valence-electron chi connectivity index (χ2n) is 10.8. The molecule has 3 aromatic heterocycles. The third-order valence-corrected chi connectivity index (χ3v) is 7.87. The van der Waals surface area contributed by atoms with Gasteiger partial charge in [0.1, 0.15) is 5.82 Å². The Morgan fingerprint density at radius 3 is 2.62 bits per heavy atom. The fourth-order valence-electron chi connectivity index (χ4n) is 5.66. The van der Waals surface area contributed by atoms with E-state index in [0.717, 1.165) is 67.9 Å². The van der Waals surface area contributed by atoms with Crippen LogP contribution in [0.5, 0.6) is 0 Å². The average molecular weight is 531 g/mol. The van der Waals surface area contributed by atoms with E-state index in [0.29, 0.717) is 30.0 Å². The highest BCUT2D eigenvalue weighted by molar-refractivity contribution is 5.80. The van der Waals surface area contributed by atoms with E-state index in [1.165, 1.54) is 0 Å². The zero-order valence-electron chi connectivity index (χ0n) is 22.0. The molecule has 0 bridgehead atoms. The standard InChI is InChI=1S/C30H32F2N6O/c1-19-4-5-23(14-35-19)36-10-2-3-24(18-36)37(15-20-8-9-34-29(33)11-20)16-21-17-38(22-6-7-22)28-13-27(32)26(31)12-25(28)30(21)39/h4-5,8-9,11-14,17,22,24H,2-3,6-7,10,15-16,18H2,1H3,(H2,33,34)/t24-/m0/s1. The summed E-state index contributed by atoms with van der Waals surface area (Å²) in [6.07, 6.45) is 9.36. The molecule has 4 aromatic rings. The number of anilines is 2. The van der Waals surface area contributed by atoms with Gasteiger partial charge in [-0.2, -0.15) is 0 Å². The topological polar surface area (TPSA) is 80.3 Å². The summed E-state index contributed by atoms with van der Waals surface area (Å²) in [6.45, 7) is 4.66. The van der Waals surface area contributed by atoms with E-state index >= 15 is 0 Å². The number of fused-ring (bicyclic) bond motifs is 1. The minimum Gasteiger partial charge on any atom is -0.384 e. The first kappa shape index (κ1) is 25.4. The Kier molecular flexibility index (Phi) is 6.76. The molecule has 1 aromatic carbocycles. The van der Waals surface area contributed by atoms with E-state index in [2.05, 4.69) is 25.8 Å². The Balaban J connectivity index is 1.37. The van der Waals surface area contributed by atoms with Crippen LogP contribution >= 0.6 is 0 Å². The lowest BCUT2D eigenvalue weighted by molar-refractivity contribution is 0.158. The van der Waals surface area contributed by atoms with Crippen molar-refractivity contribution >= 4 is 22.4 Å². The lowest BCUT2D eigenvalue weighted by Crippen LogP contribution is -2.48. The predicted octanol–water partition coefficient (Wildman–Crippen LogP) is 4.97. The largest absolute Gasteiger partial charge is 0.384 e. The van der Waals surface area contributed by atoms with Crippen molar-refractivity contribution in [3.05, 3.63) is 93.7 Å². The highest BCUT2D eigenvalue weighted by atomic mass is 19.2. The van der Waals surface area contributed by atoms with E-state index in [-0.39, 0.29) is 22.9 Å². The van der Waals surface area contributed by atoms with Crippen molar-refractivity contribution in [3.63, 3.8) is 0 Å². The molecule has 6 rings (SSSR count). The van der Waals surface area contributed by atoms with Crippen molar-refractivity contribution in [2.45, 2.75) is 57.8 Å². The van der Waals surface area contributed by atoms with Crippen molar-refractivity contribution in [2.75, 3.05) is 23.7 Å². The minimum atomic E-state index is -1.00. The first-order valence-corrected chi connectivity index (χ1v) is 13.5. The van der Waals surface area contributed by atoms with Crippen LogP contribution in [0.4, 0.5) is 20.3 Å². The van der Waals surface area contributed by atoms with Crippen molar-refractivity contribution in [1.82, 2.24) is 19.4 Å². The number of aryl methyl sites for hydroxylation is 1. The van der Waals surface area contributed by atoms with E-state index in [1.807, 2.05) is 42.1 Å². The number of benzene rings is 1. The fraction of sp³-hybridized carbons (Fsp3) is 0.367. The lowest BCUT2D eigenvalue weighted by atomic mass is 10.0. The maximum atomic E-state index is 14.3. The smallest absolute Gasteiger partial charge is 0.193 e. The first-order chi connectivity index (χ1) is 18.9. The number of piperidine rings is 1. The summed E-state index contributed by atoms with van der Waals surface area (Å²) in [5, 5.41) is 0.224. The van der Waals surface area contributed by atoms with Gasteiger partial charge in [0.25, 0.3) is 0 Å². The van der Waals surface area contributed by atoms with Crippen LogP contribution in [-0.2, 0) is 13.1 Å². The maximum Gasteiger partial charge on any atom is 0.193 e. The third-order valence-electron chi connectivity index (χ3n) is 7.87. The van der Waals surface area contributed by atoms with E-state index in [4.69, 9.17) is 5.73 Å². The van der Waals surface area contributed by atoms with Gasteiger partial charge in [-0.15, -0.1) is 0 Å². The molecule has 1 saturated heterocycles. The van der Waals surface area contributed by atoms with E-state index in [9.17, 15) is 13.6 Å². The van der Waals surface area contributed by atoms with Gasteiger partial charge in [0, 0.05) is 73.4 Å². The molecule has 39 heavy (non-hydrogen) atoms. The number of nitrogen functional groups attached to an aromatic ring is 1. The van der Waals surface area contributed by atoms with Gasteiger partial charge in [0.2, 0.25) is 0 Å². The number of hydrogen-bond acceptors (Lipinski definition) is 6. The molecular formula is C30H32F2N6O. The molecule has 0 spiro atoms. The van der Waals surface area contributed by atoms with Gasteiger partial charge in [-0.1, -0.05) is 0 Å². The van der Waals surface area contributed by atoms with Crippen LogP contribution in [0.25, 0.3) is 10.9 Å². The number of aromatic nitrogens is 3. The number of nitrogens with two attached hydrogens (primary N) is 1. The Morgan fingerprint density at radius 1 is 1.05 bits per heavy atom. The molecule has 4 heterocycles. The van der Waals surface area contributed by atoms with Gasteiger partial charge >= 0.3 is 0 Å². The van der Waals surface area contributed by atoms with Crippen LogP contribution in [-0.4, -0.2) is 38.6 Å². The Bertz CT molecular complexity index is 1570. The van der Waals surface area contributed by atoms with E-state index in [1.54, 1.807) is 6.20 Å². The molecule has 7 nitrogen and oxygen atoms in total. The molecule has 1 atom stereocenters. The monoisotopic (exact) mass is 530 g/mol. The normalized spacial score (nSPS) is 17.7. The van der Waals surface area contributed by atoms with Gasteiger partial charge in [-0.25, -0.2) is 13.8 Å². The molecular weight excluding hydrogens is 498 g/mol. The lowest BCUT2D eigenvalue weighted by Gasteiger charge is -2.40. The quantitative estimate of drug-likeness (QED) is 0.364. The molecule has 2 N–H and O–H groups in total. The molecule has 2 aliphatic rings.